The summed E-state index contributed by atoms with van der Waals surface area (Å²) in [5.41, 5.74) is 3.15. The Morgan fingerprint density at radius 3 is 2.42 bits per heavy atom. The Bertz CT molecular complexity index is 414. The number of ether oxygens (including phenoxy) is 1. The van der Waals surface area contributed by atoms with Crippen molar-refractivity contribution in [3.63, 3.8) is 0 Å². The molecular formula is C15H22ClNO2. The summed E-state index contributed by atoms with van der Waals surface area (Å²) in [4.78, 5) is 14.2. The van der Waals surface area contributed by atoms with Gasteiger partial charge in [-0.05, 0) is 31.9 Å². The maximum absolute atomic E-state index is 12.4. The fraction of sp³-hybridized carbons (Fsp3) is 0.533. The van der Waals surface area contributed by atoms with E-state index >= 15 is 0 Å². The van der Waals surface area contributed by atoms with Gasteiger partial charge in [0.25, 0.3) is 0 Å². The van der Waals surface area contributed by atoms with Crippen molar-refractivity contribution in [2.24, 2.45) is 0 Å². The van der Waals surface area contributed by atoms with Crippen LogP contribution in [0.2, 0.25) is 0 Å². The van der Waals surface area contributed by atoms with Gasteiger partial charge in [0.15, 0.2) is 0 Å². The predicted octanol–water partition coefficient (Wildman–Crippen LogP) is 3.30. The zero-order valence-electron chi connectivity index (χ0n) is 12.1. The third-order valence-corrected chi connectivity index (χ3v) is 3.30. The first-order valence-electron chi connectivity index (χ1n) is 6.46. The number of para-hydroxylation sites is 1. The molecule has 4 heteroatoms. The van der Waals surface area contributed by atoms with E-state index in [0.29, 0.717) is 18.9 Å². The number of amides is 1. The van der Waals surface area contributed by atoms with E-state index in [9.17, 15) is 4.79 Å². The molecule has 3 nitrogen and oxygen atoms in total. The lowest BCUT2D eigenvalue weighted by Crippen LogP contribution is -2.42. The lowest BCUT2D eigenvalue weighted by molar-refractivity contribution is -0.118. The van der Waals surface area contributed by atoms with Crippen LogP contribution in [0.3, 0.4) is 0 Å². The molecule has 0 saturated carbocycles. The van der Waals surface area contributed by atoms with E-state index in [-0.39, 0.29) is 11.9 Å². The van der Waals surface area contributed by atoms with Crippen LogP contribution in [-0.4, -0.2) is 31.5 Å². The largest absolute Gasteiger partial charge is 0.383 e. The smallest absolute Gasteiger partial charge is 0.228 e. The highest BCUT2D eigenvalue weighted by Crippen LogP contribution is 2.27. The zero-order valence-corrected chi connectivity index (χ0v) is 12.8. The molecule has 0 aliphatic rings. The maximum Gasteiger partial charge on any atom is 0.228 e. The number of rotatable bonds is 6. The molecule has 0 saturated heterocycles. The van der Waals surface area contributed by atoms with E-state index in [2.05, 4.69) is 0 Å². The molecule has 0 radical (unpaired) electrons. The van der Waals surface area contributed by atoms with Crippen molar-refractivity contribution in [2.75, 3.05) is 24.5 Å². The number of methoxy groups -OCH3 is 1. The molecule has 19 heavy (non-hydrogen) atoms. The number of hydrogen-bond donors (Lipinski definition) is 0. The van der Waals surface area contributed by atoms with Crippen LogP contribution in [0.15, 0.2) is 18.2 Å². The molecule has 0 aliphatic carbocycles. The van der Waals surface area contributed by atoms with E-state index < -0.39 is 0 Å². The number of halogens is 1. The van der Waals surface area contributed by atoms with Crippen molar-refractivity contribution in [3.8, 4) is 0 Å². The summed E-state index contributed by atoms with van der Waals surface area (Å²) in [5, 5.41) is 0. The van der Waals surface area contributed by atoms with Crippen LogP contribution in [0, 0.1) is 13.8 Å². The second-order valence-electron chi connectivity index (χ2n) is 4.75. The molecule has 1 rings (SSSR count). The summed E-state index contributed by atoms with van der Waals surface area (Å²) >= 11 is 5.71. The molecule has 0 heterocycles. The second kappa shape index (κ2) is 7.51. The van der Waals surface area contributed by atoms with Gasteiger partial charge in [0.05, 0.1) is 12.6 Å². The lowest BCUT2D eigenvalue weighted by Gasteiger charge is -2.31. The Labute approximate surface area is 120 Å². The molecular weight excluding hydrogens is 262 g/mol. The van der Waals surface area contributed by atoms with Crippen molar-refractivity contribution in [2.45, 2.75) is 33.2 Å². The normalized spacial score (nSPS) is 12.3. The molecule has 1 amide bonds. The number of carbonyl (C=O) groups is 1. The molecule has 1 atom stereocenters. The summed E-state index contributed by atoms with van der Waals surface area (Å²) in [6.45, 7) is 6.52. The molecule has 0 N–H and O–H groups in total. The van der Waals surface area contributed by atoms with Crippen molar-refractivity contribution in [3.05, 3.63) is 29.3 Å². The standard InChI is InChI=1S/C15H22ClNO2/c1-11-6-5-7-12(2)15(11)17(13(3)10-19-4)14(18)8-9-16/h5-7,13H,8-10H2,1-4H3. The minimum Gasteiger partial charge on any atom is -0.383 e. The highest BCUT2D eigenvalue weighted by atomic mass is 35.5. The first-order chi connectivity index (χ1) is 9.02. The number of aryl methyl sites for hydroxylation is 2. The molecule has 0 spiro atoms. The fourth-order valence-corrected chi connectivity index (χ4v) is 2.46. The molecule has 0 aromatic heterocycles. The van der Waals surface area contributed by atoms with Crippen LogP contribution in [0.4, 0.5) is 5.69 Å². The maximum atomic E-state index is 12.4. The second-order valence-corrected chi connectivity index (χ2v) is 5.13. The van der Waals surface area contributed by atoms with Gasteiger partial charge in [-0.1, -0.05) is 18.2 Å². The Morgan fingerprint density at radius 2 is 1.95 bits per heavy atom. The summed E-state index contributed by atoms with van der Waals surface area (Å²) in [5.74, 6) is 0.372. The van der Waals surface area contributed by atoms with Gasteiger partial charge in [-0.25, -0.2) is 0 Å². The molecule has 0 fully saturated rings. The van der Waals surface area contributed by atoms with Crippen LogP contribution >= 0.6 is 11.6 Å². The zero-order chi connectivity index (χ0) is 14.4. The Hall–Kier alpha value is -1.06. The Kier molecular flexibility index (Phi) is 6.32. The SMILES string of the molecule is COCC(C)N(C(=O)CCCl)c1c(C)cccc1C. The number of carbonyl (C=O) groups excluding carboxylic acids is 1. The highest BCUT2D eigenvalue weighted by Gasteiger charge is 2.24. The minimum atomic E-state index is -0.0134. The van der Waals surface area contributed by atoms with E-state index in [1.807, 2.05) is 43.9 Å². The van der Waals surface area contributed by atoms with Gasteiger partial charge in [0.2, 0.25) is 5.91 Å². The highest BCUT2D eigenvalue weighted by molar-refractivity contribution is 6.19. The van der Waals surface area contributed by atoms with E-state index in [1.165, 1.54) is 0 Å². The van der Waals surface area contributed by atoms with Crippen molar-refractivity contribution in [1.82, 2.24) is 0 Å². The van der Waals surface area contributed by atoms with Gasteiger partial charge in [0.1, 0.15) is 0 Å². The van der Waals surface area contributed by atoms with E-state index in [1.54, 1.807) is 7.11 Å². The summed E-state index contributed by atoms with van der Waals surface area (Å²) in [6.07, 6.45) is 0.337. The number of benzene rings is 1. The average Bonchev–Trinajstić information content (AvgIpc) is 2.34. The molecule has 106 valence electrons. The summed E-state index contributed by atoms with van der Waals surface area (Å²) in [7, 11) is 1.64. The minimum absolute atomic E-state index is 0.0134. The van der Waals surface area contributed by atoms with Gasteiger partial charge in [-0.2, -0.15) is 0 Å². The molecule has 0 aliphatic heterocycles. The molecule has 0 bridgehead atoms. The predicted molar refractivity (Wildman–Crippen MR) is 80.1 cm³/mol. The average molecular weight is 284 g/mol. The number of nitrogens with zero attached hydrogens (tertiary/aromatic N) is 1. The van der Waals surface area contributed by atoms with Crippen LogP contribution in [-0.2, 0) is 9.53 Å². The summed E-state index contributed by atoms with van der Waals surface area (Å²) < 4.78 is 5.19. The number of hydrogen-bond acceptors (Lipinski definition) is 2. The lowest BCUT2D eigenvalue weighted by atomic mass is 10.1. The quantitative estimate of drug-likeness (QED) is 0.750. The first kappa shape index (κ1) is 16.0. The van der Waals surface area contributed by atoms with Crippen LogP contribution in [0.1, 0.15) is 24.5 Å². The van der Waals surface area contributed by atoms with E-state index in [0.717, 1.165) is 16.8 Å². The third kappa shape index (κ3) is 3.95. The number of anilines is 1. The Morgan fingerprint density at radius 1 is 1.37 bits per heavy atom. The van der Waals surface area contributed by atoms with Crippen molar-refractivity contribution >= 4 is 23.2 Å². The van der Waals surface area contributed by atoms with Crippen LogP contribution < -0.4 is 4.90 Å². The topological polar surface area (TPSA) is 29.5 Å². The fourth-order valence-electron chi connectivity index (χ4n) is 2.29. The molecule has 1 aromatic rings. The molecule has 1 aromatic carbocycles. The van der Waals surface area contributed by atoms with Gasteiger partial charge in [-0.15, -0.1) is 11.6 Å². The van der Waals surface area contributed by atoms with Crippen LogP contribution in [0.5, 0.6) is 0 Å². The van der Waals surface area contributed by atoms with E-state index in [4.69, 9.17) is 16.3 Å². The molecule has 1 unspecified atom stereocenters. The van der Waals surface area contributed by atoms with Crippen LogP contribution in [0.25, 0.3) is 0 Å². The third-order valence-electron chi connectivity index (χ3n) is 3.11. The van der Waals surface area contributed by atoms with Crippen molar-refractivity contribution in [1.29, 1.82) is 0 Å². The van der Waals surface area contributed by atoms with Crippen molar-refractivity contribution < 1.29 is 9.53 Å². The van der Waals surface area contributed by atoms with Gasteiger partial charge in [0, 0.05) is 25.1 Å². The van der Waals surface area contributed by atoms with Gasteiger partial charge in [-0.3, -0.25) is 4.79 Å². The Balaban J connectivity index is 3.18. The monoisotopic (exact) mass is 283 g/mol. The summed E-state index contributed by atoms with van der Waals surface area (Å²) in [6, 6.07) is 6.02. The van der Waals surface area contributed by atoms with Gasteiger partial charge < -0.3 is 9.64 Å². The van der Waals surface area contributed by atoms with Gasteiger partial charge >= 0.3 is 0 Å². The first-order valence-corrected chi connectivity index (χ1v) is 6.99. The number of alkyl halides is 1.